The molecule has 0 aliphatic rings. The number of rotatable bonds is 4. The number of hydrogen-bond donors (Lipinski definition) is 1. The van der Waals surface area contributed by atoms with Crippen molar-refractivity contribution in [2.75, 3.05) is 0 Å². The maximum Gasteiger partial charge on any atom is 0.358 e. The van der Waals surface area contributed by atoms with Crippen LogP contribution in [0.2, 0.25) is 0 Å². The lowest BCUT2D eigenvalue weighted by Crippen LogP contribution is -2.06. The van der Waals surface area contributed by atoms with Crippen LogP contribution in [-0.2, 0) is 6.54 Å². The van der Waals surface area contributed by atoms with E-state index in [0.29, 0.717) is 17.8 Å². The molecular formula is C15H12N4O2. The van der Waals surface area contributed by atoms with E-state index in [9.17, 15) is 9.90 Å². The monoisotopic (exact) mass is 280 g/mol. The van der Waals surface area contributed by atoms with Gasteiger partial charge in [-0.05, 0) is 17.7 Å². The van der Waals surface area contributed by atoms with E-state index in [-0.39, 0.29) is 5.69 Å². The molecule has 0 atom stereocenters. The van der Waals surface area contributed by atoms with E-state index in [0.717, 1.165) is 5.56 Å². The minimum absolute atomic E-state index is 0.0704. The molecule has 0 aliphatic carbocycles. The van der Waals surface area contributed by atoms with Gasteiger partial charge in [0.05, 0.1) is 6.54 Å². The van der Waals surface area contributed by atoms with Crippen molar-refractivity contribution in [1.82, 2.24) is 20.0 Å². The van der Waals surface area contributed by atoms with Crippen LogP contribution in [-0.4, -0.2) is 31.1 Å². The van der Waals surface area contributed by atoms with Crippen molar-refractivity contribution in [3.63, 3.8) is 0 Å². The van der Waals surface area contributed by atoms with Crippen LogP contribution >= 0.6 is 0 Å². The Morgan fingerprint density at radius 2 is 1.95 bits per heavy atom. The van der Waals surface area contributed by atoms with Gasteiger partial charge in [-0.15, -0.1) is 5.10 Å². The van der Waals surface area contributed by atoms with Gasteiger partial charge in [-0.3, -0.25) is 4.98 Å². The summed E-state index contributed by atoms with van der Waals surface area (Å²) in [6.07, 6.45) is 3.24. The van der Waals surface area contributed by atoms with Gasteiger partial charge in [0.1, 0.15) is 5.69 Å². The zero-order valence-electron chi connectivity index (χ0n) is 11.0. The smallest absolute Gasteiger partial charge is 0.358 e. The fourth-order valence-electron chi connectivity index (χ4n) is 2.11. The lowest BCUT2D eigenvalue weighted by molar-refractivity contribution is 0.0691. The number of carboxylic acid groups (broad SMARTS) is 1. The lowest BCUT2D eigenvalue weighted by Gasteiger charge is -2.07. The Balaban J connectivity index is 2.07. The molecule has 0 unspecified atom stereocenters. The SMILES string of the molecule is O=C(O)c1nnn(Cc2ccccc2)c1-c1cccnc1. The van der Waals surface area contributed by atoms with E-state index in [2.05, 4.69) is 15.3 Å². The first-order valence-electron chi connectivity index (χ1n) is 6.37. The second-order valence-corrected chi connectivity index (χ2v) is 4.48. The van der Waals surface area contributed by atoms with Crippen LogP contribution in [0, 0.1) is 0 Å². The molecule has 1 aromatic carbocycles. The van der Waals surface area contributed by atoms with Gasteiger partial charge >= 0.3 is 5.97 Å². The van der Waals surface area contributed by atoms with Crippen molar-refractivity contribution in [3.05, 3.63) is 66.1 Å². The largest absolute Gasteiger partial charge is 0.476 e. The standard InChI is InChI=1S/C15H12N4O2/c20-15(21)13-14(12-7-4-8-16-9-12)19(18-17-13)10-11-5-2-1-3-6-11/h1-9H,10H2,(H,20,21). The number of hydrogen-bond acceptors (Lipinski definition) is 4. The summed E-state index contributed by atoms with van der Waals surface area (Å²) >= 11 is 0. The van der Waals surface area contributed by atoms with Crippen molar-refractivity contribution in [2.45, 2.75) is 6.54 Å². The second kappa shape index (κ2) is 5.54. The Morgan fingerprint density at radius 3 is 2.62 bits per heavy atom. The fraction of sp³-hybridized carbons (Fsp3) is 0.0667. The van der Waals surface area contributed by atoms with Crippen LogP contribution in [0.3, 0.4) is 0 Å². The highest BCUT2D eigenvalue weighted by molar-refractivity contribution is 5.92. The summed E-state index contributed by atoms with van der Waals surface area (Å²) in [5.74, 6) is -1.10. The minimum atomic E-state index is -1.10. The molecule has 2 aromatic heterocycles. The van der Waals surface area contributed by atoms with Crippen LogP contribution in [0.4, 0.5) is 0 Å². The lowest BCUT2D eigenvalue weighted by atomic mass is 10.1. The summed E-state index contributed by atoms with van der Waals surface area (Å²) in [7, 11) is 0. The van der Waals surface area contributed by atoms with E-state index in [1.54, 1.807) is 29.2 Å². The number of pyridine rings is 1. The van der Waals surface area contributed by atoms with E-state index < -0.39 is 5.97 Å². The fourth-order valence-corrected chi connectivity index (χ4v) is 2.11. The van der Waals surface area contributed by atoms with E-state index in [4.69, 9.17) is 0 Å². The van der Waals surface area contributed by atoms with Gasteiger partial charge in [0.25, 0.3) is 0 Å². The second-order valence-electron chi connectivity index (χ2n) is 4.48. The summed E-state index contributed by atoms with van der Waals surface area (Å²) in [6, 6.07) is 13.2. The molecule has 0 spiro atoms. The van der Waals surface area contributed by atoms with Gasteiger partial charge in [0.2, 0.25) is 0 Å². The van der Waals surface area contributed by atoms with Gasteiger partial charge in [-0.2, -0.15) is 0 Å². The zero-order valence-corrected chi connectivity index (χ0v) is 11.0. The maximum atomic E-state index is 11.3. The van der Waals surface area contributed by atoms with Crippen molar-refractivity contribution >= 4 is 5.97 Å². The van der Waals surface area contributed by atoms with Crippen molar-refractivity contribution in [1.29, 1.82) is 0 Å². The molecule has 6 heteroatoms. The maximum absolute atomic E-state index is 11.3. The van der Waals surface area contributed by atoms with Crippen LogP contribution in [0.5, 0.6) is 0 Å². The van der Waals surface area contributed by atoms with Crippen LogP contribution in [0.25, 0.3) is 11.3 Å². The summed E-state index contributed by atoms with van der Waals surface area (Å²) in [5, 5.41) is 17.0. The van der Waals surface area contributed by atoms with E-state index in [1.807, 2.05) is 30.3 Å². The molecule has 0 amide bonds. The number of aromatic nitrogens is 4. The highest BCUT2D eigenvalue weighted by atomic mass is 16.4. The van der Waals surface area contributed by atoms with Gasteiger partial charge in [0, 0.05) is 18.0 Å². The van der Waals surface area contributed by atoms with Crippen molar-refractivity contribution in [3.8, 4) is 11.3 Å². The molecule has 0 saturated carbocycles. The molecular weight excluding hydrogens is 268 g/mol. The zero-order chi connectivity index (χ0) is 14.7. The molecule has 1 N–H and O–H groups in total. The Morgan fingerprint density at radius 1 is 1.14 bits per heavy atom. The normalized spacial score (nSPS) is 10.5. The average Bonchev–Trinajstić information content (AvgIpc) is 2.93. The minimum Gasteiger partial charge on any atom is -0.476 e. The topological polar surface area (TPSA) is 80.9 Å². The number of nitrogens with zero attached hydrogens (tertiary/aromatic N) is 4. The van der Waals surface area contributed by atoms with Gasteiger partial charge < -0.3 is 5.11 Å². The molecule has 3 rings (SSSR count). The Kier molecular flexibility index (Phi) is 3.42. The predicted octanol–water partition coefficient (Wildman–Crippen LogP) is 2.09. The number of benzene rings is 1. The van der Waals surface area contributed by atoms with E-state index in [1.165, 1.54) is 0 Å². The van der Waals surface area contributed by atoms with E-state index >= 15 is 0 Å². The highest BCUT2D eigenvalue weighted by Crippen LogP contribution is 2.22. The molecule has 0 fully saturated rings. The quantitative estimate of drug-likeness (QED) is 0.791. The molecule has 2 heterocycles. The van der Waals surface area contributed by atoms with Crippen molar-refractivity contribution < 1.29 is 9.90 Å². The number of carboxylic acids is 1. The molecule has 3 aromatic rings. The molecule has 0 saturated heterocycles. The third kappa shape index (κ3) is 2.64. The Bertz CT molecular complexity index is 754. The summed E-state index contributed by atoms with van der Waals surface area (Å²) in [4.78, 5) is 15.4. The molecule has 6 nitrogen and oxygen atoms in total. The summed E-state index contributed by atoms with van der Waals surface area (Å²) < 4.78 is 1.58. The first-order chi connectivity index (χ1) is 10.3. The molecule has 21 heavy (non-hydrogen) atoms. The Hall–Kier alpha value is -3.02. The molecule has 0 radical (unpaired) electrons. The Labute approximate surface area is 120 Å². The molecule has 0 aliphatic heterocycles. The first-order valence-corrected chi connectivity index (χ1v) is 6.37. The van der Waals surface area contributed by atoms with Gasteiger partial charge in [0.15, 0.2) is 5.69 Å². The first kappa shape index (κ1) is 13.0. The summed E-state index contributed by atoms with van der Waals surface area (Å²) in [6.45, 7) is 0.450. The van der Waals surface area contributed by atoms with Crippen LogP contribution in [0.1, 0.15) is 16.1 Å². The van der Waals surface area contributed by atoms with Gasteiger partial charge in [-0.1, -0.05) is 35.5 Å². The third-order valence-corrected chi connectivity index (χ3v) is 3.05. The van der Waals surface area contributed by atoms with Crippen LogP contribution < -0.4 is 0 Å². The summed E-state index contributed by atoms with van der Waals surface area (Å²) in [5.41, 5.74) is 2.08. The third-order valence-electron chi connectivity index (χ3n) is 3.05. The highest BCUT2D eigenvalue weighted by Gasteiger charge is 2.20. The molecule has 0 bridgehead atoms. The van der Waals surface area contributed by atoms with Crippen molar-refractivity contribution in [2.24, 2.45) is 0 Å². The predicted molar refractivity (Wildman–Crippen MR) is 75.8 cm³/mol. The number of aromatic carboxylic acids is 1. The average molecular weight is 280 g/mol. The molecule has 104 valence electrons. The number of carbonyl (C=O) groups is 1. The van der Waals surface area contributed by atoms with Gasteiger partial charge in [-0.25, -0.2) is 9.48 Å². The van der Waals surface area contributed by atoms with Crippen LogP contribution in [0.15, 0.2) is 54.9 Å².